The lowest BCUT2D eigenvalue weighted by Crippen LogP contribution is -2.08. The van der Waals surface area contributed by atoms with Gasteiger partial charge < -0.3 is 4.74 Å². The lowest BCUT2D eigenvalue weighted by atomic mass is 9.98. The highest BCUT2D eigenvalue weighted by atomic mass is 32.1. The smallest absolute Gasteiger partial charge is 0.195 e. The summed E-state index contributed by atoms with van der Waals surface area (Å²) in [5.41, 5.74) is 2.05. The number of thiophene rings is 1. The highest BCUT2D eigenvalue weighted by Crippen LogP contribution is 2.45. The van der Waals surface area contributed by atoms with E-state index in [1.807, 2.05) is 18.2 Å². The molecule has 2 aromatic carbocycles. The number of carbonyl (C=O) groups is 1. The Morgan fingerprint density at radius 1 is 1.10 bits per heavy atom. The predicted molar refractivity (Wildman–Crippen MR) is 117 cm³/mol. The fraction of sp³-hybridized carbons (Fsp3) is 0.160. The maximum absolute atomic E-state index is 13.5. The number of aromatic nitrogens is 1. The predicted octanol–water partition coefficient (Wildman–Crippen LogP) is 6.33. The van der Waals surface area contributed by atoms with Crippen LogP contribution in [0.25, 0.3) is 20.5 Å². The second-order valence-electron chi connectivity index (χ2n) is 7.82. The first-order chi connectivity index (χ1) is 14.5. The molecule has 2 heterocycles. The molecule has 0 spiro atoms. The number of hydrogen-bond acceptors (Lipinski definition) is 4. The zero-order valence-corrected chi connectivity index (χ0v) is 17.0. The van der Waals surface area contributed by atoms with E-state index < -0.39 is 0 Å². The van der Waals surface area contributed by atoms with Crippen LogP contribution < -0.4 is 4.74 Å². The minimum Gasteiger partial charge on any atom is -0.493 e. The minimum absolute atomic E-state index is 0.0478. The van der Waals surface area contributed by atoms with Crippen LogP contribution in [-0.2, 0) is 0 Å². The van der Waals surface area contributed by atoms with E-state index >= 15 is 0 Å². The molecule has 1 radical (unpaired) electrons. The Bertz CT molecular complexity index is 1230. The van der Waals surface area contributed by atoms with Gasteiger partial charge in [0.15, 0.2) is 5.78 Å². The molecule has 0 atom stereocenters. The van der Waals surface area contributed by atoms with Gasteiger partial charge >= 0.3 is 0 Å². The molecule has 0 unspecified atom stereocenters. The summed E-state index contributed by atoms with van der Waals surface area (Å²) >= 11 is 1.51. The molecule has 1 saturated carbocycles. The second-order valence-corrected chi connectivity index (χ2v) is 8.88. The van der Waals surface area contributed by atoms with Crippen LogP contribution in [0.5, 0.6) is 5.75 Å². The third-order valence-corrected chi connectivity index (χ3v) is 6.64. The van der Waals surface area contributed by atoms with Gasteiger partial charge in [-0.3, -0.25) is 9.78 Å². The molecular weight excluding hydrogens is 397 g/mol. The molecule has 0 N–H and O–H groups in total. The van der Waals surface area contributed by atoms with Gasteiger partial charge in [-0.2, -0.15) is 0 Å². The first kappa shape index (κ1) is 18.9. The lowest BCUT2D eigenvalue weighted by molar-refractivity contribution is 0.104. The highest BCUT2D eigenvalue weighted by Gasteiger charge is 2.38. The van der Waals surface area contributed by atoms with Crippen molar-refractivity contribution in [1.82, 2.24) is 4.98 Å². The number of benzene rings is 2. The number of fused-ring (bicyclic) bond motifs is 1. The number of pyridine rings is 1. The monoisotopic (exact) mass is 416 g/mol. The number of carbonyl (C=O) groups excluding carboxylic acids is 1. The Labute approximate surface area is 178 Å². The Hall–Kier alpha value is -3.05. The first-order valence-corrected chi connectivity index (χ1v) is 10.6. The molecule has 1 aliphatic carbocycles. The average molecular weight is 416 g/mol. The third-order valence-electron chi connectivity index (χ3n) is 5.44. The average Bonchev–Trinajstić information content (AvgIpc) is 3.39. The lowest BCUT2D eigenvalue weighted by Gasteiger charge is -2.10. The largest absolute Gasteiger partial charge is 0.493 e. The van der Waals surface area contributed by atoms with Gasteiger partial charge in [-0.25, -0.2) is 4.39 Å². The Balaban J connectivity index is 1.61. The van der Waals surface area contributed by atoms with E-state index in [0.717, 1.165) is 39.1 Å². The quantitative estimate of drug-likeness (QED) is 0.345. The van der Waals surface area contributed by atoms with Crippen LogP contribution >= 0.6 is 11.3 Å². The number of nitrogens with zero attached hydrogens (tertiary/aromatic N) is 1. The van der Waals surface area contributed by atoms with Crippen molar-refractivity contribution in [3.05, 3.63) is 90.9 Å². The standard InChI is InChI=1S/C25H19FNO2S/c1-25(10-11-25)15-29-19-6-7-20-21(14-19)30-24(17-2-4-18(26)5-3-17)22(20)23(28)16-8-12-27-13-9-16/h2-9,12-14H,1,10-11,15H2. The molecule has 1 fully saturated rings. The fourth-order valence-electron chi connectivity index (χ4n) is 3.40. The Morgan fingerprint density at radius 3 is 2.53 bits per heavy atom. The summed E-state index contributed by atoms with van der Waals surface area (Å²) in [6, 6.07) is 15.5. The molecular formula is C25H19FNO2S. The van der Waals surface area contributed by atoms with E-state index in [0.29, 0.717) is 17.7 Å². The van der Waals surface area contributed by atoms with E-state index in [9.17, 15) is 9.18 Å². The van der Waals surface area contributed by atoms with E-state index in [1.165, 1.54) is 23.5 Å². The van der Waals surface area contributed by atoms with Crippen molar-refractivity contribution in [3.63, 3.8) is 0 Å². The van der Waals surface area contributed by atoms with Crippen molar-refractivity contribution in [3.8, 4) is 16.2 Å². The number of ether oxygens (including phenoxy) is 1. The van der Waals surface area contributed by atoms with Gasteiger partial charge in [0.1, 0.15) is 11.6 Å². The van der Waals surface area contributed by atoms with Crippen molar-refractivity contribution in [2.24, 2.45) is 5.41 Å². The van der Waals surface area contributed by atoms with Gasteiger partial charge in [-0.15, -0.1) is 11.3 Å². The van der Waals surface area contributed by atoms with Crippen molar-refractivity contribution in [1.29, 1.82) is 0 Å². The Morgan fingerprint density at radius 2 is 1.83 bits per heavy atom. The third kappa shape index (κ3) is 3.61. The number of ketones is 1. The van der Waals surface area contributed by atoms with Gasteiger partial charge in [-0.1, -0.05) is 12.1 Å². The van der Waals surface area contributed by atoms with Crippen LogP contribution in [0.2, 0.25) is 0 Å². The molecule has 30 heavy (non-hydrogen) atoms. The topological polar surface area (TPSA) is 39.2 Å². The number of rotatable bonds is 6. The SMILES string of the molecule is [CH2]C1(COc2ccc3c(C(=O)c4ccncc4)c(-c4ccc(F)cc4)sc3c2)CC1. The van der Waals surface area contributed by atoms with Crippen molar-refractivity contribution >= 4 is 27.2 Å². The van der Waals surface area contributed by atoms with Gasteiger partial charge in [0.2, 0.25) is 0 Å². The highest BCUT2D eigenvalue weighted by molar-refractivity contribution is 7.22. The number of halogens is 1. The summed E-state index contributed by atoms with van der Waals surface area (Å²) in [5.74, 6) is 0.387. The van der Waals surface area contributed by atoms with Crippen LogP contribution in [-0.4, -0.2) is 17.4 Å². The summed E-state index contributed by atoms with van der Waals surface area (Å²) in [6.45, 7) is 4.77. The van der Waals surface area contributed by atoms with Gasteiger partial charge in [0.25, 0.3) is 0 Å². The maximum atomic E-state index is 13.5. The van der Waals surface area contributed by atoms with Crippen LogP contribution in [0, 0.1) is 18.2 Å². The van der Waals surface area contributed by atoms with Crippen molar-refractivity contribution < 1.29 is 13.9 Å². The van der Waals surface area contributed by atoms with E-state index in [2.05, 4.69) is 11.9 Å². The minimum atomic E-state index is -0.306. The van der Waals surface area contributed by atoms with Crippen LogP contribution in [0.3, 0.4) is 0 Å². The molecule has 2 aromatic heterocycles. The zero-order chi connectivity index (χ0) is 20.7. The van der Waals surface area contributed by atoms with Gasteiger partial charge in [0, 0.05) is 43.9 Å². The molecule has 4 aromatic rings. The molecule has 1 aliphatic rings. The zero-order valence-electron chi connectivity index (χ0n) is 16.2. The molecule has 0 saturated heterocycles. The summed E-state index contributed by atoms with van der Waals surface area (Å²) in [5, 5.41) is 0.865. The normalized spacial score (nSPS) is 14.6. The van der Waals surface area contributed by atoms with Crippen LogP contribution in [0.15, 0.2) is 67.0 Å². The van der Waals surface area contributed by atoms with E-state index in [4.69, 9.17) is 4.74 Å². The van der Waals surface area contributed by atoms with Gasteiger partial charge in [-0.05, 0) is 67.8 Å². The maximum Gasteiger partial charge on any atom is 0.195 e. The molecule has 0 amide bonds. The number of hydrogen-bond donors (Lipinski definition) is 0. The molecule has 0 bridgehead atoms. The fourth-order valence-corrected chi connectivity index (χ4v) is 4.64. The van der Waals surface area contributed by atoms with Gasteiger partial charge in [0.05, 0.1) is 6.61 Å². The molecule has 5 heteroatoms. The summed E-state index contributed by atoms with van der Waals surface area (Å²) in [7, 11) is 0. The van der Waals surface area contributed by atoms with Crippen molar-refractivity contribution in [2.75, 3.05) is 6.61 Å². The molecule has 0 aliphatic heterocycles. The van der Waals surface area contributed by atoms with E-state index in [1.54, 1.807) is 36.7 Å². The molecule has 5 rings (SSSR count). The van der Waals surface area contributed by atoms with Crippen LogP contribution in [0.4, 0.5) is 4.39 Å². The second kappa shape index (κ2) is 7.33. The molecule has 149 valence electrons. The Kier molecular flexibility index (Phi) is 4.63. The van der Waals surface area contributed by atoms with E-state index in [-0.39, 0.29) is 17.0 Å². The summed E-state index contributed by atoms with van der Waals surface area (Å²) in [4.78, 5) is 18.2. The first-order valence-electron chi connectivity index (χ1n) is 9.78. The van der Waals surface area contributed by atoms with Crippen molar-refractivity contribution in [2.45, 2.75) is 12.8 Å². The summed E-state index contributed by atoms with van der Waals surface area (Å²) in [6.07, 6.45) is 5.40. The molecule has 3 nitrogen and oxygen atoms in total. The summed E-state index contributed by atoms with van der Waals surface area (Å²) < 4.78 is 20.4. The van der Waals surface area contributed by atoms with Crippen LogP contribution in [0.1, 0.15) is 28.8 Å².